The van der Waals surface area contributed by atoms with Crippen LogP contribution in [0.4, 0.5) is 5.69 Å². The quantitative estimate of drug-likeness (QED) is 0.820. The SMILES string of the molecule is Cc1ccc2c(c1)N(CCN)CCS2(=O)=O. The van der Waals surface area contributed by atoms with Crippen LogP contribution in [0.15, 0.2) is 23.1 Å². The second-order valence-electron chi connectivity index (χ2n) is 4.07. The van der Waals surface area contributed by atoms with Gasteiger partial charge in [-0.1, -0.05) is 6.07 Å². The number of benzene rings is 1. The van der Waals surface area contributed by atoms with Gasteiger partial charge in [0, 0.05) is 19.6 Å². The number of hydrogen-bond acceptors (Lipinski definition) is 4. The normalized spacial score (nSPS) is 18.2. The minimum atomic E-state index is -3.09. The molecule has 0 aromatic heterocycles. The molecule has 0 aliphatic carbocycles. The molecule has 0 saturated carbocycles. The van der Waals surface area contributed by atoms with Crippen LogP contribution in [0.2, 0.25) is 0 Å². The van der Waals surface area contributed by atoms with Gasteiger partial charge in [-0.2, -0.15) is 0 Å². The molecular formula is C11H16N2O2S. The van der Waals surface area contributed by atoms with E-state index in [0.717, 1.165) is 11.3 Å². The zero-order valence-electron chi connectivity index (χ0n) is 9.31. The average molecular weight is 240 g/mol. The molecule has 1 aromatic rings. The second kappa shape index (κ2) is 4.07. The minimum absolute atomic E-state index is 0.184. The number of anilines is 1. The Hall–Kier alpha value is -1.07. The Labute approximate surface area is 96.0 Å². The number of aryl methyl sites for hydroxylation is 1. The molecule has 0 spiro atoms. The number of sulfone groups is 1. The van der Waals surface area contributed by atoms with E-state index in [1.807, 2.05) is 24.0 Å². The fourth-order valence-electron chi connectivity index (χ4n) is 1.99. The maximum atomic E-state index is 11.9. The van der Waals surface area contributed by atoms with Crippen LogP contribution in [0.3, 0.4) is 0 Å². The Morgan fingerprint density at radius 1 is 1.44 bits per heavy atom. The van der Waals surface area contributed by atoms with Crippen LogP contribution in [0.1, 0.15) is 5.56 Å². The molecule has 1 heterocycles. The molecule has 0 atom stereocenters. The van der Waals surface area contributed by atoms with Gasteiger partial charge in [0.2, 0.25) is 0 Å². The van der Waals surface area contributed by atoms with Crippen molar-refractivity contribution in [3.63, 3.8) is 0 Å². The van der Waals surface area contributed by atoms with E-state index in [-0.39, 0.29) is 5.75 Å². The lowest BCUT2D eigenvalue weighted by Crippen LogP contribution is -2.38. The van der Waals surface area contributed by atoms with Crippen molar-refractivity contribution in [1.29, 1.82) is 0 Å². The van der Waals surface area contributed by atoms with Crippen LogP contribution in [0.5, 0.6) is 0 Å². The molecule has 4 nitrogen and oxygen atoms in total. The zero-order valence-corrected chi connectivity index (χ0v) is 10.1. The third-order valence-corrected chi connectivity index (χ3v) is 4.55. The van der Waals surface area contributed by atoms with E-state index < -0.39 is 9.84 Å². The molecule has 2 rings (SSSR count). The van der Waals surface area contributed by atoms with Gasteiger partial charge >= 0.3 is 0 Å². The highest BCUT2D eigenvalue weighted by Crippen LogP contribution is 2.30. The molecule has 1 aromatic carbocycles. The largest absolute Gasteiger partial charge is 0.368 e. The molecule has 0 saturated heterocycles. The van der Waals surface area contributed by atoms with Crippen molar-refractivity contribution >= 4 is 15.5 Å². The molecule has 0 bridgehead atoms. The van der Waals surface area contributed by atoms with Crippen molar-refractivity contribution in [3.8, 4) is 0 Å². The molecule has 0 fully saturated rings. The van der Waals surface area contributed by atoms with Crippen molar-refractivity contribution in [1.82, 2.24) is 0 Å². The van der Waals surface area contributed by atoms with Gasteiger partial charge in [0.1, 0.15) is 0 Å². The van der Waals surface area contributed by atoms with Crippen LogP contribution in [-0.4, -0.2) is 33.8 Å². The molecule has 2 N–H and O–H groups in total. The summed E-state index contributed by atoms with van der Waals surface area (Å²) in [6.07, 6.45) is 0. The highest BCUT2D eigenvalue weighted by Gasteiger charge is 2.27. The lowest BCUT2D eigenvalue weighted by molar-refractivity contribution is 0.589. The summed E-state index contributed by atoms with van der Waals surface area (Å²) in [5, 5.41) is 0. The van der Waals surface area contributed by atoms with E-state index in [1.165, 1.54) is 0 Å². The Bertz CT molecular complexity index is 497. The molecule has 5 heteroatoms. The van der Waals surface area contributed by atoms with Gasteiger partial charge in [0.25, 0.3) is 0 Å². The van der Waals surface area contributed by atoms with Crippen LogP contribution < -0.4 is 10.6 Å². The molecule has 1 aliphatic heterocycles. The Morgan fingerprint density at radius 2 is 2.19 bits per heavy atom. The third kappa shape index (κ3) is 1.92. The Kier molecular flexibility index (Phi) is 2.90. The molecule has 0 amide bonds. The fraction of sp³-hybridized carbons (Fsp3) is 0.455. The van der Waals surface area contributed by atoms with Crippen molar-refractivity contribution in [2.75, 3.05) is 30.3 Å². The summed E-state index contributed by atoms with van der Waals surface area (Å²) < 4.78 is 23.8. The van der Waals surface area contributed by atoms with E-state index >= 15 is 0 Å². The second-order valence-corrected chi connectivity index (χ2v) is 6.14. The van der Waals surface area contributed by atoms with E-state index in [0.29, 0.717) is 24.5 Å². The summed E-state index contributed by atoms with van der Waals surface area (Å²) in [4.78, 5) is 2.49. The molecular weight excluding hydrogens is 224 g/mol. The number of fused-ring (bicyclic) bond motifs is 1. The van der Waals surface area contributed by atoms with Crippen molar-refractivity contribution in [2.24, 2.45) is 5.73 Å². The minimum Gasteiger partial charge on any atom is -0.368 e. The molecule has 0 unspecified atom stereocenters. The van der Waals surface area contributed by atoms with Gasteiger partial charge in [0.05, 0.1) is 16.3 Å². The first-order chi connectivity index (χ1) is 7.54. The highest BCUT2D eigenvalue weighted by atomic mass is 32.2. The van der Waals surface area contributed by atoms with Gasteiger partial charge in [-0.05, 0) is 24.6 Å². The Balaban J connectivity index is 2.54. The van der Waals surface area contributed by atoms with Crippen molar-refractivity contribution in [3.05, 3.63) is 23.8 Å². The average Bonchev–Trinajstić information content (AvgIpc) is 2.22. The Morgan fingerprint density at radius 3 is 2.88 bits per heavy atom. The van der Waals surface area contributed by atoms with Crippen LogP contribution in [0.25, 0.3) is 0 Å². The first kappa shape index (κ1) is 11.4. The lowest BCUT2D eigenvalue weighted by Gasteiger charge is -2.30. The molecule has 16 heavy (non-hydrogen) atoms. The van der Waals surface area contributed by atoms with E-state index in [9.17, 15) is 8.42 Å². The summed E-state index contributed by atoms with van der Waals surface area (Å²) in [6, 6.07) is 5.45. The topological polar surface area (TPSA) is 63.4 Å². The number of rotatable bonds is 2. The van der Waals surface area contributed by atoms with E-state index in [2.05, 4.69) is 0 Å². The summed E-state index contributed by atoms with van der Waals surface area (Å²) in [6.45, 7) is 3.73. The predicted molar refractivity (Wildman–Crippen MR) is 64.5 cm³/mol. The van der Waals surface area contributed by atoms with Gasteiger partial charge in [0.15, 0.2) is 9.84 Å². The third-order valence-electron chi connectivity index (χ3n) is 2.82. The van der Waals surface area contributed by atoms with Crippen molar-refractivity contribution < 1.29 is 8.42 Å². The maximum absolute atomic E-state index is 11.9. The van der Waals surface area contributed by atoms with Crippen molar-refractivity contribution in [2.45, 2.75) is 11.8 Å². The fourth-order valence-corrected chi connectivity index (χ4v) is 3.45. The maximum Gasteiger partial charge on any atom is 0.182 e. The summed E-state index contributed by atoms with van der Waals surface area (Å²) in [7, 11) is -3.09. The van der Waals surface area contributed by atoms with Gasteiger partial charge < -0.3 is 10.6 Å². The molecule has 0 radical (unpaired) electrons. The zero-order chi connectivity index (χ0) is 11.8. The summed E-state index contributed by atoms with van der Waals surface area (Å²) in [5.74, 6) is 0.184. The van der Waals surface area contributed by atoms with Crippen LogP contribution in [-0.2, 0) is 9.84 Å². The van der Waals surface area contributed by atoms with Crippen LogP contribution in [0, 0.1) is 6.92 Å². The van der Waals surface area contributed by atoms with E-state index in [4.69, 9.17) is 5.73 Å². The first-order valence-electron chi connectivity index (χ1n) is 5.33. The van der Waals surface area contributed by atoms with Gasteiger partial charge in [-0.25, -0.2) is 8.42 Å². The highest BCUT2D eigenvalue weighted by molar-refractivity contribution is 7.91. The standard InChI is InChI=1S/C11H16N2O2S/c1-9-2-3-11-10(8-9)13(5-4-12)6-7-16(11,14)15/h2-3,8H,4-7,12H2,1H3. The van der Waals surface area contributed by atoms with Crippen LogP contribution >= 0.6 is 0 Å². The smallest absolute Gasteiger partial charge is 0.182 e. The lowest BCUT2D eigenvalue weighted by atomic mass is 10.2. The summed E-state index contributed by atoms with van der Waals surface area (Å²) in [5.41, 5.74) is 7.40. The van der Waals surface area contributed by atoms with E-state index in [1.54, 1.807) is 6.07 Å². The predicted octanol–water partition coefficient (Wildman–Crippen LogP) is 0.547. The van der Waals surface area contributed by atoms with Gasteiger partial charge in [-0.3, -0.25) is 0 Å². The number of hydrogen-bond donors (Lipinski definition) is 1. The molecule has 88 valence electrons. The molecule has 1 aliphatic rings. The number of nitrogens with two attached hydrogens (primary N) is 1. The summed E-state index contributed by atoms with van der Waals surface area (Å²) >= 11 is 0. The first-order valence-corrected chi connectivity index (χ1v) is 6.98. The monoisotopic (exact) mass is 240 g/mol. The number of nitrogens with zero attached hydrogens (tertiary/aromatic N) is 1. The van der Waals surface area contributed by atoms with Gasteiger partial charge in [-0.15, -0.1) is 0 Å².